The summed E-state index contributed by atoms with van der Waals surface area (Å²) < 4.78 is 0. The highest BCUT2D eigenvalue weighted by atomic mass is 16.4. The Bertz CT molecular complexity index is 1780. The monoisotopic (exact) mass is 802 g/mol. The number of carboxylic acids is 3. The molecule has 25 heteroatoms. The minimum absolute atomic E-state index is 0.220. The van der Waals surface area contributed by atoms with E-state index in [1.165, 1.54) is 0 Å². The number of amides is 9. The first-order valence-electron chi connectivity index (χ1n) is 16.9. The van der Waals surface area contributed by atoms with Gasteiger partial charge in [-0.1, -0.05) is 0 Å². The molecule has 4 heterocycles. The maximum absolute atomic E-state index is 13.7. The van der Waals surface area contributed by atoms with Gasteiger partial charge in [-0.05, 0) is 0 Å². The molecule has 4 aliphatic heterocycles. The predicted molar refractivity (Wildman–Crippen MR) is 183 cm³/mol. The lowest BCUT2D eigenvalue weighted by atomic mass is 9.96. The second-order valence-electron chi connectivity index (χ2n) is 13.0. The smallest absolute Gasteiger partial charge is 0.307 e. The van der Waals surface area contributed by atoms with Gasteiger partial charge in [0.15, 0.2) is 17.0 Å². The summed E-state index contributed by atoms with van der Waals surface area (Å²) in [6.45, 7) is -4.56. The Balaban J connectivity index is 1.97. The standard InChI is InChI=1S/C32H38N10O15/c33-27(55)30(15-24(49)50,40-18(43)1-2-19(40)44)37-9-7-36-8-10-38(31(28(34)56,16-25(51)52)41-20(45)3-4-21(41)46)12-14-39(13-11-37)32(29(35)57,17-26(53)54)42-22(47)5-6-23(42)48/h1-6,36H,7-17H2,(H2,33,55)(H2,34,56)(H2,35,57)(H,49,50)(H,51,52)(H,53,54). The SMILES string of the molecule is NC(=O)C(CC(=O)O)(N1CCNCCN(C(CC(=O)O)(C(N)=O)N2C(=O)C=CC2=O)CCN(C(CC(=O)O)(C(N)=O)N2C(=O)C=CC2=O)CC1)N1C(=O)C=CC1=O. The van der Waals surface area contributed by atoms with Crippen molar-refractivity contribution in [3.63, 3.8) is 0 Å². The fourth-order valence-electron chi connectivity index (χ4n) is 7.46. The van der Waals surface area contributed by atoms with E-state index < -0.39 is 147 Å². The third-order valence-corrected chi connectivity index (χ3v) is 9.88. The van der Waals surface area contributed by atoms with Gasteiger partial charge in [0.05, 0.1) is 19.3 Å². The van der Waals surface area contributed by atoms with Crippen LogP contribution in [0.25, 0.3) is 0 Å². The van der Waals surface area contributed by atoms with E-state index in [4.69, 9.17) is 17.2 Å². The lowest BCUT2D eigenvalue weighted by molar-refractivity contribution is -0.177. The second-order valence-corrected chi connectivity index (χ2v) is 13.0. The minimum atomic E-state index is -2.98. The fourth-order valence-corrected chi connectivity index (χ4v) is 7.46. The minimum Gasteiger partial charge on any atom is -0.481 e. The Labute approximate surface area is 320 Å². The highest BCUT2D eigenvalue weighted by molar-refractivity contribution is 6.18. The maximum atomic E-state index is 13.7. The van der Waals surface area contributed by atoms with Gasteiger partial charge in [-0.15, -0.1) is 0 Å². The van der Waals surface area contributed by atoms with Crippen LogP contribution in [0.3, 0.4) is 0 Å². The van der Waals surface area contributed by atoms with Gasteiger partial charge in [-0.3, -0.25) is 72.2 Å². The quantitative estimate of drug-likeness (QED) is 0.0757. The van der Waals surface area contributed by atoms with Gasteiger partial charge in [-0.2, -0.15) is 0 Å². The van der Waals surface area contributed by atoms with Crippen LogP contribution >= 0.6 is 0 Å². The molecule has 4 aliphatic rings. The summed E-state index contributed by atoms with van der Waals surface area (Å²) in [6.07, 6.45) is 0.431. The molecular weight excluding hydrogens is 764 g/mol. The summed E-state index contributed by atoms with van der Waals surface area (Å²) in [4.78, 5) is 160. The molecule has 0 aromatic heterocycles. The number of nitrogens with two attached hydrogens (primary N) is 3. The number of carbonyl (C=O) groups excluding carboxylic acids is 9. The molecule has 0 bridgehead atoms. The first-order chi connectivity index (χ1) is 26.7. The number of carboxylic acid groups (broad SMARTS) is 3. The van der Waals surface area contributed by atoms with E-state index in [-0.39, 0.29) is 18.0 Å². The lowest BCUT2D eigenvalue weighted by Crippen LogP contribution is -2.75. The molecule has 0 aliphatic carbocycles. The van der Waals surface area contributed by atoms with Gasteiger partial charge in [0.1, 0.15) is 0 Å². The molecular formula is C32H38N10O15. The number of imide groups is 3. The van der Waals surface area contributed by atoms with E-state index in [0.717, 1.165) is 39.0 Å². The Morgan fingerprint density at radius 2 is 0.667 bits per heavy atom. The molecule has 3 atom stereocenters. The van der Waals surface area contributed by atoms with Crippen LogP contribution in [0.4, 0.5) is 0 Å². The highest BCUT2D eigenvalue weighted by Crippen LogP contribution is 2.34. The van der Waals surface area contributed by atoms with Crippen molar-refractivity contribution in [3.05, 3.63) is 36.5 Å². The van der Waals surface area contributed by atoms with Crippen LogP contribution in [0.5, 0.6) is 0 Å². The molecule has 57 heavy (non-hydrogen) atoms. The highest BCUT2D eigenvalue weighted by Gasteiger charge is 2.59. The summed E-state index contributed by atoms with van der Waals surface area (Å²) in [5.41, 5.74) is 8.88. The zero-order valence-electron chi connectivity index (χ0n) is 29.9. The molecule has 1 fully saturated rings. The van der Waals surface area contributed by atoms with Gasteiger partial charge in [0.2, 0.25) is 0 Å². The number of primary amides is 3. The fraction of sp³-hybridized carbons (Fsp3) is 0.438. The van der Waals surface area contributed by atoms with Crippen molar-refractivity contribution in [2.75, 3.05) is 52.4 Å². The van der Waals surface area contributed by atoms with E-state index >= 15 is 0 Å². The Morgan fingerprint density at radius 1 is 0.456 bits per heavy atom. The molecule has 306 valence electrons. The van der Waals surface area contributed by atoms with Gasteiger partial charge >= 0.3 is 17.9 Å². The molecule has 1 saturated heterocycles. The Morgan fingerprint density at radius 3 is 0.860 bits per heavy atom. The first kappa shape index (κ1) is 43.0. The second kappa shape index (κ2) is 16.6. The first-order valence-corrected chi connectivity index (χ1v) is 16.9. The molecule has 0 saturated carbocycles. The number of rotatable bonds is 15. The number of nitrogens with zero attached hydrogens (tertiary/aromatic N) is 6. The molecule has 10 N–H and O–H groups in total. The van der Waals surface area contributed by atoms with E-state index in [1.807, 2.05) is 0 Å². The van der Waals surface area contributed by atoms with Crippen LogP contribution < -0.4 is 22.5 Å². The van der Waals surface area contributed by atoms with Gasteiger partial charge in [-0.25, -0.2) is 14.7 Å². The van der Waals surface area contributed by atoms with Crippen molar-refractivity contribution in [2.45, 2.75) is 36.3 Å². The molecule has 4 rings (SSSR count). The number of aliphatic carboxylic acids is 3. The number of hydrogen-bond acceptors (Lipinski definition) is 16. The number of carbonyl (C=O) groups is 12. The van der Waals surface area contributed by atoms with Gasteiger partial charge < -0.3 is 37.8 Å². The third-order valence-electron chi connectivity index (χ3n) is 9.88. The molecule has 25 nitrogen and oxygen atoms in total. The third kappa shape index (κ3) is 7.75. The van der Waals surface area contributed by atoms with E-state index in [1.54, 1.807) is 0 Å². The predicted octanol–water partition coefficient (Wildman–Crippen LogP) is -6.76. The average Bonchev–Trinajstić information content (AvgIpc) is 3.75. The van der Waals surface area contributed by atoms with Crippen LogP contribution in [-0.4, -0.2) is 185 Å². The molecule has 9 amide bonds. The molecule has 0 aromatic rings. The maximum Gasteiger partial charge on any atom is 0.307 e. The van der Waals surface area contributed by atoms with Gasteiger partial charge in [0.25, 0.3) is 53.2 Å². The van der Waals surface area contributed by atoms with Crippen LogP contribution in [0, 0.1) is 0 Å². The number of hydrogen-bond donors (Lipinski definition) is 7. The zero-order valence-corrected chi connectivity index (χ0v) is 29.9. The van der Waals surface area contributed by atoms with Crippen LogP contribution in [0.1, 0.15) is 19.3 Å². The molecule has 0 radical (unpaired) electrons. The Hall–Kier alpha value is -6.70. The zero-order chi connectivity index (χ0) is 42.6. The van der Waals surface area contributed by atoms with Crippen molar-refractivity contribution in [1.29, 1.82) is 0 Å². The molecule has 0 aromatic carbocycles. The van der Waals surface area contributed by atoms with E-state index in [2.05, 4.69) is 5.32 Å². The lowest BCUT2D eigenvalue weighted by Gasteiger charge is -2.50. The normalized spacial score (nSPS) is 22.2. The summed E-state index contributed by atoms with van der Waals surface area (Å²) in [5, 5.41) is 33.0. The van der Waals surface area contributed by atoms with Crippen LogP contribution in [0.15, 0.2) is 36.5 Å². The van der Waals surface area contributed by atoms with Crippen molar-refractivity contribution in [3.8, 4) is 0 Å². The van der Waals surface area contributed by atoms with Crippen molar-refractivity contribution >= 4 is 71.1 Å². The summed E-state index contributed by atoms with van der Waals surface area (Å²) in [6, 6.07) is 0. The van der Waals surface area contributed by atoms with E-state index in [9.17, 15) is 72.9 Å². The van der Waals surface area contributed by atoms with Gasteiger partial charge in [0, 0.05) is 88.8 Å². The van der Waals surface area contributed by atoms with Crippen molar-refractivity contribution in [1.82, 2.24) is 34.7 Å². The van der Waals surface area contributed by atoms with Crippen molar-refractivity contribution < 1.29 is 72.9 Å². The summed E-state index contributed by atoms with van der Waals surface area (Å²) in [5.74, 6) is -16.9. The van der Waals surface area contributed by atoms with Crippen LogP contribution in [-0.2, 0) is 57.5 Å². The number of nitrogens with one attached hydrogen (secondary N) is 1. The summed E-state index contributed by atoms with van der Waals surface area (Å²) >= 11 is 0. The van der Waals surface area contributed by atoms with E-state index in [0.29, 0.717) is 22.0 Å². The van der Waals surface area contributed by atoms with Crippen LogP contribution in [0.2, 0.25) is 0 Å². The Kier molecular flexibility index (Phi) is 12.5. The topological polar surface area (TPSA) is 375 Å². The molecule has 3 unspecified atom stereocenters. The molecule has 0 spiro atoms. The summed E-state index contributed by atoms with van der Waals surface area (Å²) in [7, 11) is 0. The average molecular weight is 803 g/mol. The largest absolute Gasteiger partial charge is 0.481 e. The van der Waals surface area contributed by atoms with Crippen molar-refractivity contribution in [2.24, 2.45) is 17.2 Å².